The molecule has 0 saturated carbocycles. The number of aliphatic hydroxyl groups excluding tert-OH is 1. The van der Waals surface area contributed by atoms with E-state index in [1.807, 2.05) is 30.3 Å². The lowest BCUT2D eigenvalue weighted by molar-refractivity contribution is -0.419. The summed E-state index contributed by atoms with van der Waals surface area (Å²) in [4.78, 5) is 10.7. The molecule has 24 heavy (non-hydrogen) atoms. The van der Waals surface area contributed by atoms with E-state index in [-0.39, 0.29) is 10.6 Å². The van der Waals surface area contributed by atoms with Crippen molar-refractivity contribution in [1.29, 1.82) is 0 Å². The molecule has 0 fully saturated rings. The zero-order chi connectivity index (χ0) is 17.4. The Balaban J connectivity index is 2.29. The van der Waals surface area contributed by atoms with Crippen LogP contribution in [0.1, 0.15) is 50.7 Å². The number of rotatable bonds is 7. The molecule has 1 N–H and O–H groups in total. The summed E-state index contributed by atoms with van der Waals surface area (Å²) in [5.74, 6) is 0. The average Bonchev–Trinajstić information content (AvgIpc) is 2.62. The van der Waals surface area contributed by atoms with Crippen LogP contribution in [0.3, 0.4) is 0 Å². The summed E-state index contributed by atoms with van der Waals surface area (Å²) < 4.78 is 0. The number of nitrogens with zero attached hydrogens (tertiary/aromatic N) is 1. The molecule has 1 aromatic carbocycles. The van der Waals surface area contributed by atoms with Crippen molar-refractivity contribution in [3.05, 3.63) is 86.8 Å². The second kappa shape index (κ2) is 9.02. The Morgan fingerprint density at radius 1 is 1.42 bits per heavy atom. The van der Waals surface area contributed by atoms with Gasteiger partial charge in [0.25, 0.3) is 5.70 Å². The van der Waals surface area contributed by atoms with E-state index >= 15 is 0 Å². The minimum atomic E-state index is -0.724. The molecule has 1 atom stereocenters. The maximum absolute atomic E-state index is 11.0. The Labute approximate surface area is 142 Å². The van der Waals surface area contributed by atoms with Gasteiger partial charge in [-0.05, 0) is 54.5 Å². The average molecular weight is 325 g/mol. The van der Waals surface area contributed by atoms with E-state index in [1.54, 1.807) is 18.2 Å². The topological polar surface area (TPSA) is 63.4 Å². The molecule has 0 spiro atoms. The molecule has 0 aliphatic heterocycles. The van der Waals surface area contributed by atoms with Gasteiger partial charge in [0.1, 0.15) is 6.10 Å². The summed E-state index contributed by atoms with van der Waals surface area (Å²) >= 11 is 0. The third kappa shape index (κ3) is 5.05. The van der Waals surface area contributed by atoms with E-state index in [4.69, 9.17) is 0 Å². The number of aliphatic hydroxyl groups is 1. The molecular weight excluding hydrogens is 302 g/mol. The molecule has 1 aliphatic rings. The Kier molecular flexibility index (Phi) is 6.74. The molecule has 4 nitrogen and oxygen atoms in total. The van der Waals surface area contributed by atoms with Crippen LogP contribution >= 0.6 is 0 Å². The van der Waals surface area contributed by atoms with Crippen LogP contribution in [0, 0.1) is 10.1 Å². The molecule has 1 aliphatic carbocycles. The van der Waals surface area contributed by atoms with Gasteiger partial charge in [-0.1, -0.05) is 43.7 Å². The van der Waals surface area contributed by atoms with Crippen molar-refractivity contribution >= 4 is 0 Å². The molecule has 1 aromatic rings. The first-order valence-electron chi connectivity index (χ1n) is 8.36. The number of unbranched alkanes of at least 4 members (excludes halogenated alkanes) is 1. The normalized spacial score (nSPS) is 14.9. The van der Waals surface area contributed by atoms with Crippen molar-refractivity contribution in [3.63, 3.8) is 0 Å². The van der Waals surface area contributed by atoms with E-state index in [0.717, 1.165) is 42.4 Å². The van der Waals surface area contributed by atoms with Gasteiger partial charge in [0.2, 0.25) is 0 Å². The van der Waals surface area contributed by atoms with Crippen LogP contribution in [-0.2, 0) is 0 Å². The highest BCUT2D eigenvalue weighted by atomic mass is 16.6. The third-order valence-electron chi connectivity index (χ3n) is 4.02. The largest absolute Gasteiger partial charge is 0.384 e. The summed E-state index contributed by atoms with van der Waals surface area (Å²) in [5.41, 5.74) is 6.07. The van der Waals surface area contributed by atoms with Crippen molar-refractivity contribution < 1.29 is 10.0 Å². The fourth-order valence-corrected chi connectivity index (χ4v) is 2.66. The maximum atomic E-state index is 11.0. The van der Waals surface area contributed by atoms with Crippen LogP contribution in [0.15, 0.2) is 71.1 Å². The van der Waals surface area contributed by atoms with Crippen LogP contribution in [0.5, 0.6) is 0 Å². The van der Waals surface area contributed by atoms with Gasteiger partial charge < -0.3 is 5.11 Å². The molecule has 0 heterocycles. The van der Waals surface area contributed by atoms with E-state index in [1.165, 1.54) is 0 Å². The predicted octanol–water partition coefficient (Wildman–Crippen LogP) is 4.87. The van der Waals surface area contributed by atoms with Crippen molar-refractivity contribution in [2.75, 3.05) is 0 Å². The van der Waals surface area contributed by atoms with E-state index < -0.39 is 6.10 Å². The second-order valence-corrected chi connectivity index (χ2v) is 5.84. The minimum absolute atomic E-state index is 0.149. The van der Waals surface area contributed by atoms with Gasteiger partial charge in [-0.3, -0.25) is 10.1 Å². The van der Waals surface area contributed by atoms with Crippen LogP contribution in [0.2, 0.25) is 0 Å². The van der Waals surface area contributed by atoms with Gasteiger partial charge >= 0.3 is 0 Å². The molecule has 0 radical (unpaired) electrons. The summed E-state index contributed by atoms with van der Waals surface area (Å²) in [5, 5.41) is 21.3. The van der Waals surface area contributed by atoms with Crippen LogP contribution in [-0.4, -0.2) is 10.0 Å². The zero-order valence-corrected chi connectivity index (χ0v) is 13.9. The summed E-state index contributed by atoms with van der Waals surface area (Å²) in [6.45, 7) is 2.11. The summed E-state index contributed by atoms with van der Waals surface area (Å²) in [7, 11) is 0. The van der Waals surface area contributed by atoms with Crippen LogP contribution < -0.4 is 0 Å². The quantitative estimate of drug-likeness (QED) is 0.442. The van der Waals surface area contributed by atoms with E-state index in [9.17, 15) is 15.2 Å². The van der Waals surface area contributed by atoms with E-state index in [0.29, 0.717) is 6.42 Å². The monoisotopic (exact) mass is 325 g/mol. The van der Waals surface area contributed by atoms with Gasteiger partial charge in [-0.25, -0.2) is 0 Å². The highest BCUT2D eigenvalue weighted by molar-refractivity contribution is 5.38. The Hall–Kier alpha value is -2.42. The molecule has 0 unspecified atom stereocenters. The molecular formula is C20H23NO3. The third-order valence-corrected chi connectivity index (χ3v) is 4.02. The highest BCUT2D eigenvalue weighted by Crippen LogP contribution is 2.27. The van der Waals surface area contributed by atoms with Crippen LogP contribution in [0.25, 0.3) is 0 Å². The van der Waals surface area contributed by atoms with Crippen LogP contribution in [0.4, 0.5) is 0 Å². The zero-order valence-electron chi connectivity index (χ0n) is 13.9. The minimum Gasteiger partial charge on any atom is -0.384 e. The van der Waals surface area contributed by atoms with Crippen molar-refractivity contribution in [2.45, 2.75) is 45.1 Å². The molecule has 4 heteroatoms. The first-order valence-corrected chi connectivity index (χ1v) is 8.36. The summed E-state index contributed by atoms with van der Waals surface area (Å²) in [6, 6.07) is 9.39. The standard InChI is InChI=1S/C20H23NO3/c1-2-3-8-16(18-11-7-12-19(15-18)21(23)24)13-14-20(22)17-9-5-4-6-10-17/h4-6,9-10,12,14-15,20,22H,2-3,7-8,11H2,1H3/t13?,20-/m0/s1. The SMILES string of the molecule is CCCCC(=C=C[C@H](O)c1ccccc1)C1=CC([N+](=O)[O-])=CCC1. The highest BCUT2D eigenvalue weighted by Gasteiger charge is 2.16. The Morgan fingerprint density at radius 3 is 2.83 bits per heavy atom. The number of allylic oxidation sites excluding steroid dienone is 3. The first-order chi connectivity index (χ1) is 11.6. The number of hydrogen-bond acceptors (Lipinski definition) is 3. The number of nitro groups is 1. The molecule has 2 rings (SSSR count). The fraction of sp³-hybridized carbons (Fsp3) is 0.350. The number of hydrogen-bond donors (Lipinski definition) is 1. The lowest BCUT2D eigenvalue weighted by Gasteiger charge is -2.12. The Morgan fingerprint density at radius 2 is 2.17 bits per heavy atom. The van der Waals surface area contributed by atoms with Crippen molar-refractivity contribution in [3.8, 4) is 0 Å². The van der Waals surface area contributed by atoms with Gasteiger partial charge in [-0.2, -0.15) is 0 Å². The van der Waals surface area contributed by atoms with Gasteiger partial charge in [-0.15, -0.1) is 5.73 Å². The molecule has 0 amide bonds. The molecule has 0 aromatic heterocycles. The summed E-state index contributed by atoms with van der Waals surface area (Å²) in [6.07, 6.45) is 8.51. The van der Waals surface area contributed by atoms with Gasteiger partial charge in [0, 0.05) is 6.08 Å². The first kappa shape index (κ1) is 17.9. The molecule has 0 bridgehead atoms. The second-order valence-electron chi connectivity index (χ2n) is 5.84. The lowest BCUT2D eigenvalue weighted by Crippen LogP contribution is -2.03. The number of benzene rings is 1. The van der Waals surface area contributed by atoms with Crippen molar-refractivity contribution in [1.82, 2.24) is 0 Å². The maximum Gasteiger partial charge on any atom is 0.265 e. The van der Waals surface area contributed by atoms with Gasteiger partial charge in [0.15, 0.2) is 0 Å². The van der Waals surface area contributed by atoms with Gasteiger partial charge in [0.05, 0.1) is 4.92 Å². The smallest absolute Gasteiger partial charge is 0.265 e. The van der Waals surface area contributed by atoms with E-state index in [2.05, 4.69) is 12.7 Å². The van der Waals surface area contributed by atoms with Crippen molar-refractivity contribution in [2.24, 2.45) is 0 Å². The molecule has 0 saturated heterocycles. The molecule has 126 valence electrons. The lowest BCUT2D eigenvalue weighted by atomic mass is 9.93. The fourth-order valence-electron chi connectivity index (χ4n) is 2.66. The predicted molar refractivity (Wildman–Crippen MR) is 94.9 cm³/mol. The Bertz CT molecular complexity index is 695.